The van der Waals surface area contributed by atoms with Gasteiger partial charge in [-0.05, 0) is 49.4 Å². The fourth-order valence-corrected chi connectivity index (χ4v) is 6.39. The maximum absolute atomic E-state index is 12.8. The highest BCUT2D eigenvalue weighted by Crippen LogP contribution is 2.48. The lowest BCUT2D eigenvalue weighted by Gasteiger charge is -2.17. The van der Waals surface area contributed by atoms with Crippen LogP contribution >= 0.6 is 0 Å². The van der Waals surface area contributed by atoms with Crippen molar-refractivity contribution in [3.05, 3.63) is 71.8 Å². The highest BCUT2D eigenvalue weighted by Gasteiger charge is 2.26. The second-order valence-electron chi connectivity index (χ2n) is 10.0. The number of azo groups is 1. The number of hydrogen-bond donors (Lipinski definition) is 7. The van der Waals surface area contributed by atoms with Crippen molar-refractivity contribution in [3.63, 3.8) is 0 Å². The number of nitrogens with one attached hydrogen (secondary N) is 2. The smallest absolute Gasteiger partial charge is 0.337 e. The quantitative estimate of drug-likeness (QED) is 0.0513. The van der Waals surface area contributed by atoms with Crippen molar-refractivity contribution < 1.29 is 58.5 Å². The molecule has 0 aliphatic rings. The maximum atomic E-state index is 12.8. The van der Waals surface area contributed by atoms with Crippen LogP contribution in [0.2, 0.25) is 0 Å². The monoisotopic (exact) mass is 776 g/mol. The number of anilines is 4. The van der Waals surface area contributed by atoms with E-state index in [1.165, 1.54) is 36.4 Å². The van der Waals surface area contributed by atoms with Gasteiger partial charge in [-0.1, -0.05) is 23.8 Å². The number of fused-ring (bicyclic) bond motifs is 1. The van der Waals surface area contributed by atoms with E-state index in [2.05, 4.69) is 44.4 Å². The second kappa shape index (κ2) is 14.7. The van der Waals surface area contributed by atoms with Crippen LogP contribution in [0.1, 0.15) is 15.9 Å². The van der Waals surface area contributed by atoms with Gasteiger partial charge in [-0.2, -0.15) is 52.1 Å². The number of phenolic OH excluding ortho intramolecular Hbond substituents is 1. The third-order valence-corrected chi connectivity index (χ3v) is 9.38. The molecular weight excluding hydrogens is 755 g/mol. The fourth-order valence-electron chi connectivity index (χ4n) is 4.61. The Morgan fingerprint density at radius 3 is 2.13 bits per heavy atom. The van der Waals surface area contributed by atoms with E-state index in [1.807, 2.05) is 0 Å². The molecule has 272 valence electrons. The molecule has 1 unspecified atom stereocenters. The molecule has 9 N–H and O–H groups in total. The molecule has 0 amide bonds. The molecule has 52 heavy (non-hydrogen) atoms. The number of phenols is 1. The Hall–Kier alpha value is -5.93. The zero-order valence-electron chi connectivity index (χ0n) is 25.8. The van der Waals surface area contributed by atoms with Gasteiger partial charge in [-0.15, -0.1) is 10.2 Å². The van der Waals surface area contributed by atoms with Crippen molar-refractivity contribution >= 4 is 83.0 Å². The molecule has 22 nitrogen and oxygen atoms in total. The number of aromatic carboxylic acids is 1. The summed E-state index contributed by atoms with van der Waals surface area (Å²) in [7, 11) is -9.22. The second-order valence-corrected chi connectivity index (χ2v) is 13.7. The van der Waals surface area contributed by atoms with Crippen molar-refractivity contribution in [2.24, 2.45) is 22.0 Å². The molecule has 1 aromatic heterocycles. The summed E-state index contributed by atoms with van der Waals surface area (Å²) >= 11 is -3.33. The summed E-state index contributed by atoms with van der Waals surface area (Å²) in [5.41, 5.74) is -1.05. The molecule has 5 aromatic rings. The Morgan fingerprint density at radius 2 is 1.50 bits per heavy atom. The van der Waals surface area contributed by atoms with Crippen molar-refractivity contribution in [1.29, 1.82) is 0 Å². The van der Waals surface area contributed by atoms with Crippen LogP contribution in [-0.4, -0.2) is 61.8 Å². The number of carboxylic acids is 1. The van der Waals surface area contributed by atoms with Crippen LogP contribution in [0, 0.1) is 6.92 Å². The van der Waals surface area contributed by atoms with Crippen LogP contribution in [0.5, 0.6) is 17.5 Å². The van der Waals surface area contributed by atoms with E-state index >= 15 is 0 Å². The Balaban J connectivity index is 1.70. The minimum absolute atomic E-state index is 0.137. The summed E-state index contributed by atoms with van der Waals surface area (Å²) in [4.78, 5) is 22.2. The van der Waals surface area contributed by atoms with Gasteiger partial charge in [0.25, 0.3) is 0 Å². The summed E-state index contributed by atoms with van der Waals surface area (Å²) in [6.07, 6.45) is 0. The van der Waals surface area contributed by atoms with Gasteiger partial charge in [0.2, 0.25) is 11.9 Å². The van der Waals surface area contributed by atoms with Crippen LogP contribution < -0.4 is 26.6 Å². The highest BCUT2D eigenvalue weighted by atomic mass is 32.2. The number of benzene rings is 4. The minimum Gasteiger partial charge on any atom is -0.740 e. The summed E-state index contributed by atoms with van der Waals surface area (Å²) in [5, 5.41) is 43.5. The van der Waals surface area contributed by atoms with Gasteiger partial charge in [0.1, 0.15) is 26.8 Å². The first kappa shape index (κ1) is 37.3. The van der Waals surface area contributed by atoms with Crippen molar-refractivity contribution in [3.8, 4) is 17.5 Å². The van der Waals surface area contributed by atoms with Crippen LogP contribution in [-0.2, 0) is 40.2 Å². The highest BCUT2D eigenvalue weighted by molar-refractivity contribution is 7.87. The zero-order chi connectivity index (χ0) is 38.0. The van der Waals surface area contributed by atoms with Crippen LogP contribution in [0.3, 0.4) is 0 Å². The molecule has 0 aliphatic heterocycles. The minimum atomic E-state index is -4.78. The summed E-state index contributed by atoms with van der Waals surface area (Å²) in [6.45, 7) is 1.62. The van der Waals surface area contributed by atoms with Crippen LogP contribution in [0.4, 0.5) is 34.6 Å². The molecule has 0 bridgehead atoms. The molecule has 0 aliphatic carbocycles. The number of carbonyl (C=O) groups is 1. The Labute approximate surface area is 294 Å². The lowest BCUT2D eigenvalue weighted by molar-refractivity contribution is 0.0697. The predicted molar refractivity (Wildman–Crippen MR) is 177 cm³/mol. The van der Waals surface area contributed by atoms with Gasteiger partial charge in [0.05, 0.1) is 22.3 Å². The summed E-state index contributed by atoms with van der Waals surface area (Å²) in [5.74, 6) is 5.85. The van der Waals surface area contributed by atoms with Crippen molar-refractivity contribution in [2.45, 2.75) is 16.7 Å². The SMILES string of the molecule is Cc1ccc(N=Nc2c(OS(=O)[O-])cc3c(S(=O)(=O)ON)ccc(Nc4nc(O)nc(Nc5ccccc5S(=O)(=O)ON)n4)c3c2O)c(C(=O)O)c1. The molecule has 25 heteroatoms. The number of aromatic hydroxyl groups is 2. The summed E-state index contributed by atoms with van der Waals surface area (Å²) < 4.78 is 86.4. The third kappa shape index (κ3) is 7.85. The van der Waals surface area contributed by atoms with Gasteiger partial charge in [-0.3, -0.25) is 0 Å². The zero-order valence-corrected chi connectivity index (χ0v) is 28.3. The van der Waals surface area contributed by atoms with Crippen LogP contribution in [0.25, 0.3) is 10.8 Å². The van der Waals surface area contributed by atoms with E-state index < -0.39 is 93.2 Å². The van der Waals surface area contributed by atoms with Gasteiger partial charge in [0, 0.05) is 5.39 Å². The topological polar surface area (TPSA) is 353 Å². The number of nitrogens with two attached hydrogens (primary N) is 2. The van der Waals surface area contributed by atoms with E-state index in [4.69, 9.17) is 16.0 Å². The van der Waals surface area contributed by atoms with Gasteiger partial charge in [0.15, 0.2) is 17.2 Å². The van der Waals surface area contributed by atoms with E-state index in [-0.39, 0.29) is 22.6 Å². The summed E-state index contributed by atoms with van der Waals surface area (Å²) in [6, 6.07) is 11.3. The molecule has 0 saturated carbocycles. The first-order valence-corrected chi connectivity index (χ1v) is 17.6. The molecule has 1 heterocycles. The van der Waals surface area contributed by atoms with Gasteiger partial charge < -0.3 is 34.7 Å². The molecule has 0 fully saturated rings. The van der Waals surface area contributed by atoms with Gasteiger partial charge >= 0.3 is 32.2 Å². The van der Waals surface area contributed by atoms with Crippen molar-refractivity contribution in [2.75, 3.05) is 10.6 Å². The van der Waals surface area contributed by atoms with E-state index in [9.17, 15) is 45.7 Å². The number of rotatable bonds is 13. The third-order valence-electron chi connectivity index (χ3n) is 6.77. The first-order chi connectivity index (χ1) is 24.5. The number of aromatic nitrogens is 3. The van der Waals surface area contributed by atoms with E-state index in [1.54, 1.807) is 6.92 Å². The number of para-hydroxylation sites is 1. The number of carboxylic acid groups (broad SMARTS) is 1. The van der Waals surface area contributed by atoms with Gasteiger partial charge in [-0.25, -0.2) is 9.00 Å². The predicted octanol–water partition coefficient (Wildman–Crippen LogP) is 2.68. The molecule has 0 saturated heterocycles. The molecule has 5 rings (SSSR count). The van der Waals surface area contributed by atoms with E-state index in [0.717, 1.165) is 24.3 Å². The Kier molecular flexibility index (Phi) is 10.6. The molecule has 0 spiro atoms. The lowest BCUT2D eigenvalue weighted by Crippen LogP contribution is -2.13. The number of nitrogens with zero attached hydrogens (tertiary/aromatic N) is 5. The molecule has 4 aromatic carbocycles. The standard InChI is InChI=1S/C27H23N9O13S3/c1-12-6-7-15(13(10-12)24(38)39)35-36-22-18(47-50(41)42)11-14-19(51(43,44)48-28)9-8-17(21(14)23(22)37)31-26-32-25(33-27(40)34-26)30-16-4-2-3-5-20(16)52(45,46)49-29/h2-11,37H,28-29H2,1H3,(H,38,39)(H,41,42)(H3,30,31,32,33,34,40)/p-1. The Morgan fingerprint density at radius 1 is 0.865 bits per heavy atom. The molecule has 0 radical (unpaired) electrons. The first-order valence-electron chi connectivity index (χ1n) is 13.8. The molecule has 1 atom stereocenters. The largest absolute Gasteiger partial charge is 0.740 e. The number of aryl methyl sites for hydroxylation is 1. The average Bonchev–Trinajstić information content (AvgIpc) is 3.08. The average molecular weight is 777 g/mol. The van der Waals surface area contributed by atoms with Crippen LogP contribution in [0.15, 0.2) is 80.7 Å². The lowest BCUT2D eigenvalue weighted by atomic mass is 10.1. The van der Waals surface area contributed by atoms with Crippen molar-refractivity contribution in [1.82, 2.24) is 15.0 Å². The van der Waals surface area contributed by atoms with E-state index in [0.29, 0.717) is 5.56 Å². The fraction of sp³-hybridized carbons (Fsp3) is 0.0370. The maximum Gasteiger partial charge on any atom is 0.337 e. The normalized spacial score (nSPS) is 12.5. The number of hydrogen-bond acceptors (Lipinski definition) is 21. The molecular formula is C27H22N9O13S3-. The Bertz CT molecular complexity index is 2520.